The molecule has 0 aliphatic heterocycles. The molecule has 5 heteroatoms. The topological polar surface area (TPSA) is 58.6 Å². The molecule has 2 aromatic rings. The molecule has 0 fully saturated rings. The molecule has 0 spiro atoms. The van der Waals surface area contributed by atoms with E-state index in [9.17, 15) is 9.59 Å². The Labute approximate surface area is 148 Å². The Hall–Kier alpha value is -2.82. The molecule has 2 amide bonds. The van der Waals surface area contributed by atoms with Crippen molar-refractivity contribution < 1.29 is 14.3 Å². The first-order chi connectivity index (χ1) is 11.9. The fourth-order valence-corrected chi connectivity index (χ4v) is 2.57. The number of aryl methyl sites for hydroxylation is 1. The summed E-state index contributed by atoms with van der Waals surface area (Å²) in [6, 6.07) is 13.2. The van der Waals surface area contributed by atoms with E-state index in [1.54, 1.807) is 31.2 Å². The highest BCUT2D eigenvalue weighted by molar-refractivity contribution is 5.94. The van der Waals surface area contributed by atoms with Crippen LogP contribution >= 0.6 is 0 Å². The summed E-state index contributed by atoms with van der Waals surface area (Å²) in [4.78, 5) is 25.2. The Kier molecular flexibility index (Phi) is 6.17. The van der Waals surface area contributed by atoms with Crippen molar-refractivity contribution in [2.75, 3.05) is 14.2 Å². The average Bonchev–Trinajstić information content (AvgIpc) is 2.60. The van der Waals surface area contributed by atoms with Gasteiger partial charge in [0.15, 0.2) is 0 Å². The minimum Gasteiger partial charge on any atom is -0.496 e. The molecule has 1 N–H and O–H groups in total. The van der Waals surface area contributed by atoms with E-state index in [1.807, 2.05) is 37.3 Å². The van der Waals surface area contributed by atoms with Crippen LogP contribution in [0.3, 0.4) is 0 Å². The highest BCUT2D eigenvalue weighted by Crippen LogP contribution is 2.21. The summed E-state index contributed by atoms with van der Waals surface area (Å²) in [5.74, 6) is 0.637. The van der Waals surface area contributed by atoms with Crippen LogP contribution in [0.15, 0.2) is 42.5 Å². The fraction of sp³-hybridized carbons (Fsp3) is 0.300. The zero-order valence-electron chi connectivity index (χ0n) is 15.1. The molecule has 0 radical (unpaired) electrons. The summed E-state index contributed by atoms with van der Waals surface area (Å²) in [7, 11) is 3.40. The molecular weight excluding hydrogens is 316 g/mol. The summed E-state index contributed by atoms with van der Waals surface area (Å²) in [6.07, 6.45) is 0. The van der Waals surface area contributed by atoms with Gasteiger partial charge < -0.3 is 15.0 Å². The highest BCUT2D eigenvalue weighted by Gasteiger charge is 2.14. The summed E-state index contributed by atoms with van der Waals surface area (Å²) in [5, 5.41) is 2.74. The fourth-order valence-electron chi connectivity index (χ4n) is 2.57. The Bertz CT molecular complexity index is 754. The molecule has 2 aromatic carbocycles. The number of rotatable bonds is 6. The maximum absolute atomic E-state index is 12.6. The van der Waals surface area contributed by atoms with Crippen molar-refractivity contribution in [1.29, 1.82) is 0 Å². The third-order valence-electron chi connectivity index (χ3n) is 3.93. The lowest BCUT2D eigenvalue weighted by Crippen LogP contribution is -2.26. The lowest BCUT2D eigenvalue weighted by atomic mass is 10.1. The monoisotopic (exact) mass is 340 g/mol. The van der Waals surface area contributed by atoms with E-state index >= 15 is 0 Å². The zero-order valence-corrected chi connectivity index (χ0v) is 15.1. The molecule has 0 atom stereocenters. The van der Waals surface area contributed by atoms with E-state index in [2.05, 4.69) is 5.32 Å². The molecule has 25 heavy (non-hydrogen) atoms. The Balaban J connectivity index is 2.07. The number of benzene rings is 2. The van der Waals surface area contributed by atoms with Crippen LogP contribution in [-0.2, 0) is 17.9 Å². The van der Waals surface area contributed by atoms with Crippen molar-refractivity contribution in [3.63, 3.8) is 0 Å². The van der Waals surface area contributed by atoms with Crippen LogP contribution in [0.5, 0.6) is 5.75 Å². The van der Waals surface area contributed by atoms with Gasteiger partial charge in [-0.1, -0.05) is 29.8 Å². The molecule has 2 rings (SSSR count). The van der Waals surface area contributed by atoms with Gasteiger partial charge in [0.05, 0.1) is 7.11 Å². The van der Waals surface area contributed by atoms with E-state index in [0.29, 0.717) is 18.7 Å². The summed E-state index contributed by atoms with van der Waals surface area (Å²) >= 11 is 0. The molecule has 0 aliphatic rings. The van der Waals surface area contributed by atoms with Crippen LogP contribution in [0, 0.1) is 6.92 Å². The maximum Gasteiger partial charge on any atom is 0.253 e. The molecule has 0 heterocycles. The first-order valence-electron chi connectivity index (χ1n) is 8.13. The van der Waals surface area contributed by atoms with Gasteiger partial charge in [0.2, 0.25) is 5.91 Å². The molecule has 0 bridgehead atoms. The second-order valence-electron chi connectivity index (χ2n) is 6.08. The van der Waals surface area contributed by atoms with E-state index in [4.69, 9.17) is 4.74 Å². The number of ether oxygens (including phenoxy) is 1. The van der Waals surface area contributed by atoms with Crippen LogP contribution in [0.1, 0.15) is 34.0 Å². The Morgan fingerprint density at radius 3 is 2.40 bits per heavy atom. The van der Waals surface area contributed by atoms with E-state index in [1.165, 1.54) is 6.92 Å². The van der Waals surface area contributed by atoms with Crippen molar-refractivity contribution in [1.82, 2.24) is 10.2 Å². The minimum atomic E-state index is -0.0769. The van der Waals surface area contributed by atoms with Crippen LogP contribution in [0.25, 0.3) is 0 Å². The molecule has 0 aromatic heterocycles. The third-order valence-corrected chi connectivity index (χ3v) is 3.93. The van der Waals surface area contributed by atoms with Crippen molar-refractivity contribution in [2.24, 2.45) is 0 Å². The van der Waals surface area contributed by atoms with Crippen LogP contribution in [-0.4, -0.2) is 30.9 Å². The Morgan fingerprint density at radius 1 is 1.12 bits per heavy atom. The maximum atomic E-state index is 12.6. The summed E-state index contributed by atoms with van der Waals surface area (Å²) in [5.41, 5.74) is 3.66. The number of hydrogen-bond donors (Lipinski definition) is 1. The SMILES string of the molecule is COc1ccc(C)cc1CN(C)C(=O)c1ccc(CNC(C)=O)cc1. The number of nitrogens with zero attached hydrogens (tertiary/aromatic N) is 1. The van der Waals surface area contributed by atoms with Crippen LogP contribution in [0.2, 0.25) is 0 Å². The quantitative estimate of drug-likeness (QED) is 0.880. The van der Waals surface area contributed by atoms with Gasteiger partial charge in [-0.05, 0) is 30.7 Å². The second-order valence-corrected chi connectivity index (χ2v) is 6.08. The van der Waals surface area contributed by atoms with Gasteiger partial charge in [0.25, 0.3) is 5.91 Å². The predicted molar refractivity (Wildman–Crippen MR) is 97.5 cm³/mol. The Morgan fingerprint density at radius 2 is 1.80 bits per heavy atom. The minimum absolute atomic E-state index is 0.0605. The van der Waals surface area contributed by atoms with Crippen molar-refractivity contribution in [2.45, 2.75) is 26.9 Å². The summed E-state index contributed by atoms with van der Waals surface area (Å²) < 4.78 is 5.38. The lowest BCUT2D eigenvalue weighted by Gasteiger charge is -2.19. The molecule has 0 saturated carbocycles. The van der Waals surface area contributed by atoms with Gasteiger partial charge in [-0.25, -0.2) is 0 Å². The predicted octanol–water partition coefficient (Wildman–Crippen LogP) is 2.91. The smallest absolute Gasteiger partial charge is 0.253 e. The second kappa shape index (κ2) is 8.33. The molecule has 132 valence electrons. The van der Waals surface area contributed by atoms with Crippen molar-refractivity contribution in [3.05, 3.63) is 64.7 Å². The molecule has 5 nitrogen and oxygen atoms in total. The summed E-state index contributed by atoms with van der Waals surface area (Å²) in [6.45, 7) is 4.42. The van der Waals surface area contributed by atoms with Gasteiger partial charge in [-0.3, -0.25) is 9.59 Å². The van der Waals surface area contributed by atoms with Crippen molar-refractivity contribution in [3.8, 4) is 5.75 Å². The zero-order chi connectivity index (χ0) is 18.4. The number of carbonyl (C=O) groups is 2. The lowest BCUT2D eigenvalue weighted by molar-refractivity contribution is -0.119. The molecule has 0 saturated heterocycles. The molecular formula is C20H24N2O3. The van der Waals surface area contributed by atoms with E-state index in [-0.39, 0.29) is 11.8 Å². The van der Waals surface area contributed by atoms with Gasteiger partial charge in [0.1, 0.15) is 5.75 Å². The molecule has 0 unspecified atom stereocenters. The van der Waals surface area contributed by atoms with Gasteiger partial charge in [0, 0.05) is 38.2 Å². The largest absolute Gasteiger partial charge is 0.496 e. The first-order valence-corrected chi connectivity index (χ1v) is 8.13. The number of hydrogen-bond acceptors (Lipinski definition) is 3. The number of nitrogens with one attached hydrogen (secondary N) is 1. The van der Waals surface area contributed by atoms with Gasteiger partial charge in [-0.15, -0.1) is 0 Å². The van der Waals surface area contributed by atoms with Gasteiger partial charge in [-0.2, -0.15) is 0 Å². The number of methoxy groups -OCH3 is 1. The first kappa shape index (κ1) is 18.5. The number of carbonyl (C=O) groups excluding carboxylic acids is 2. The normalized spacial score (nSPS) is 10.2. The van der Waals surface area contributed by atoms with E-state index < -0.39 is 0 Å². The van der Waals surface area contributed by atoms with Crippen LogP contribution in [0.4, 0.5) is 0 Å². The number of amides is 2. The van der Waals surface area contributed by atoms with Crippen molar-refractivity contribution >= 4 is 11.8 Å². The van der Waals surface area contributed by atoms with E-state index in [0.717, 1.165) is 22.4 Å². The highest BCUT2D eigenvalue weighted by atomic mass is 16.5. The standard InChI is InChI=1S/C20H24N2O3/c1-14-5-10-19(25-4)18(11-14)13-22(3)20(24)17-8-6-16(7-9-17)12-21-15(2)23/h5-11H,12-13H2,1-4H3,(H,21,23). The van der Waals surface area contributed by atoms with Gasteiger partial charge >= 0.3 is 0 Å². The third kappa shape index (κ3) is 5.08. The van der Waals surface area contributed by atoms with Crippen LogP contribution < -0.4 is 10.1 Å². The average molecular weight is 340 g/mol. The molecule has 0 aliphatic carbocycles.